The van der Waals surface area contributed by atoms with Crippen molar-refractivity contribution in [2.24, 2.45) is 4.99 Å². The van der Waals surface area contributed by atoms with Gasteiger partial charge < -0.3 is 4.90 Å². The molecule has 1 aromatic carbocycles. The lowest BCUT2D eigenvalue weighted by Gasteiger charge is -2.25. The Balaban J connectivity index is 2.06. The van der Waals surface area contributed by atoms with Crippen LogP contribution in [0.5, 0.6) is 0 Å². The molecule has 2 heterocycles. The van der Waals surface area contributed by atoms with E-state index in [2.05, 4.69) is 4.99 Å². The van der Waals surface area contributed by atoms with Gasteiger partial charge >= 0.3 is 0 Å². The number of hydrogen-bond acceptors (Lipinski definition) is 5. The molecule has 3 rings (SSSR count). The number of anilines is 1. The molecule has 126 valence electrons. The number of rotatable bonds is 2. The van der Waals surface area contributed by atoms with Crippen molar-refractivity contribution in [3.8, 4) is 6.07 Å². The summed E-state index contributed by atoms with van der Waals surface area (Å²) in [6.07, 6.45) is -0.338. The van der Waals surface area contributed by atoms with Crippen molar-refractivity contribution >= 4 is 61.6 Å². The van der Waals surface area contributed by atoms with E-state index in [1.54, 1.807) is 29.2 Å². The average Bonchev–Trinajstić information content (AvgIpc) is 2.93. The van der Waals surface area contributed by atoms with Gasteiger partial charge in [0, 0.05) is 10.3 Å². The van der Waals surface area contributed by atoms with Gasteiger partial charge in [0.15, 0.2) is 15.0 Å². The van der Waals surface area contributed by atoms with Crippen LogP contribution in [-0.4, -0.2) is 42.3 Å². The van der Waals surface area contributed by atoms with Gasteiger partial charge in [-0.1, -0.05) is 35.0 Å². The lowest BCUT2D eigenvalue weighted by atomic mass is 10.2. The summed E-state index contributed by atoms with van der Waals surface area (Å²) in [4.78, 5) is 17.4. The number of carbonyl (C=O) groups is 1. The van der Waals surface area contributed by atoms with Gasteiger partial charge in [-0.25, -0.2) is 8.42 Å². The van der Waals surface area contributed by atoms with Crippen LogP contribution in [-0.2, 0) is 14.6 Å². The van der Waals surface area contributed by atoms with E-state index in [-0.39, 0.29) is 29.2 Å². The Morgan fingerprint density at radius 3 is 2.88 bits per heavy atom. The Kier molecular flexibility index (Phi) is 4.80. The number of amidine groups is 1. The third-order valence-electron chi connectivity index (χ3n) is 3.68. The van der Waals surface area contributed by atoms with E-state index in [0.29, 0.717) is 20.9 Å². The molecular weight excluding hydrogens is 393 g/mol. The molecule has 1 amide bonds. The van der Waals surface area contributed by atoms with Crippen LogP contribution < -0.4 is 4.90 Å². The number of carbonyl (C=O) groups excluding carboxylic acids is 1. The maximum Gasteiger partial charge on any atom is 0.262 e. The number of benzene rings is 1. The summed E-state index contributed by atoms with van der Waals surface area (Å²) in [7, 11) is -3.16. The second-order valence-electron chi connectivity index (χ2n) is 5.39. The molecule has 0 N–H and O–H groups in total. The standard InChI is InChI=1S/C14H11Cl2N3O3S2/c15-8-1-2-9(16)10(5-8)19-11-6-24(21,22)7-12(11)23-14(19)18-13(20)3-4-17/h1-2,5,11-12H,3,6-7H2/t11-,12+/m1/s1. The van der Waals surface area contributed by atoms with Crippen molar-refractivity contribution in [1.29, 1.82) is 5.26 Å². The van der Waals surface area contributed by atoms with Crippen LogP contribution in [0.2, 0.25) is 10.0 Å². The lowest BCUT2D eigenvalue weighted by molar-refractivity contribution is -0.116. The van der Waals surface area contributed by atoms with Gasteiger partial charge in [0.2, 0.25) is 0 Å². The van der Waals surface area contributed by atoms with Crippen LogP contribution in [0.3, 0.4) is 0 Å². The number of nitriles is 1. The molecule has 24 heavy (non-hydrogen) atoms. The van der Waals surface area contributed by atoms with Crippen LogP contribution in [0.1, 0.15) is 6.42 Å². The first kappa shape index (κ1) is 17.5. The zero-order valence-electron chi connectivity index (χ0n) is 12.1. The number of halogens is 2. The highest BCUT2D eigenvalue weighted by molar-refractivity contribution is 8.16. The quantitative estimate of drug-likeness (QED) is 0.753. The summed E-state index contributed by atoms with van der Waals surface area (Å²) < 4.78 is 23.9. The summed E-state index contributed by atoms with van der Waals surface area (Å²) >= 11 is 13.5. The number of aliphatic imine (C=N–C) groups is 1. The third kappa shape index (κ3) is 3.40. The van der Waals surface area contributed by atoms with Crippen LogP contribution in [0, 0.1) is 11.3 Å². The molecule has 0 aromatic heterocycles. The minimum atomic E-state index is -3.16. The first-order valence-electron chi connectivity index (χ1n) is 6.90. The molecule has 0 radical (unpaired) electrons. The highest BCUT2D eigenvalue weighted by atomic mass is 35.5. The van der Waals surface area contributed by atoms with Gasteiger partial charge in [0.05, 0.1) is 34.3 Å². The summed E-state index contributed by atoms with van der Waals surface area (Å²) in [5.74, 6) is -0.604. The van der Waals surface area contributed by atoms with Crippen LogP contribution >= 0.6 is 35.0 Å². The van der Waals surface area contributed by atoms with E-state index in [0.717, 1.165) is 0 Å². The second kappa shape index (κ2) is 6.56. The molecule has 6 nitrogen and oxygen atoms in total. The minimum absolute atomic E-state index is 0.0163. The van der Waals surface area contributed by atoms with Crippen LogP contribution in [0.15, 0.2) is 23.2 Å². The first-order valence-corrected chi connectivity index (χ1v) is 10.4. The Morgan fingerprint density at radius 1 is 1.42 bits per heavy atom. The normalized spacial score (nSPS) is 26.4. The van der Waals surface area contributed by atoms with E-state index in [1.807, 2.05) is 0 Å². The minimum Gasteiger partial charge on any atom is -0.314 e. The number of nitrogens with zero attached hydrogens (tertiary/aromatic N) is 3. The highest BCUT2D eigenvalue weighted by Crippen LogP contribution is 2.43. The molecule has 2 aliphatic heterocycles. The fourth-order valence-electron chi connectivity index (χ4n) is 2.73. The predicted octanol–water partition coefficient (Wildman–Crippen LogP) is 2.51. The van der Waals surface area contributed by atoms with E-state index >= 15 is 0 Å². The number of fused-ring (bicyclic) bond motifs is 1. The maximum absolute atomic E-state index is 12.0. The van der Waals surface area contributed by atoms with Gasteiger partial charge in [0.1, 0.15) is 6.42 Å². The Morgan fingerprint density at radius 2 is 2.17 bits per heavy atom. The maximum atomic E-state index is 12.0. The molecule has 2 saturated heterocycles. The summed E-state index contributed by atoms with van der Waals surface area (Å²) in [5.41, 5.74) is 0.504. The van der Waals surface area contributed by atoms with E-state index < -0.39 is 15.7 Å². The molecule has 2 fully saturated rings. The van der Waals surface area contributed by atoms with E-state index in [4.69, 9.17) is 28.5 Å². The Hall–Kier alpha value is -1.27. The smallest absolute Gasteiger partial charge is 0.262 e. The molecule has 0 spiro atoms. The van der Waals surface area contributed by atoms with E-state index in [9.17, 15) is 13.2 Å². The van der Waals surface area contributed by atoms with Gasteiger partial charge in [-0.2, -0.15) is 10.3 Å². The van der Waals surface area contributed by atoms with Crippen molar-refractivity contribution in [3.63, 3.8) is 0 Å². The van der Waals surface area contributed by atoms with Crippen LogP contribution in [0.4, 0.5) is 5.69 Å². The van der Waals surface area contributed by atoms with Crippen molar-refractivity contribution < 1.29 is 13.2 Å². The Bertz CT molecular complexity index is 880. The zero-order chi connectivity index (χ0) is 17.5. The average molecular weight is 404 g/mol. The SMILES string of the molecule is N#CCC(=O)N=C1S[C@H]2CS(=O)(=O)C[C@H]2N1c1cc(Cl)ccc1Cl. The summed E-state index contributed by atoms with van der Waals surface area (Å²) in [6, 6.07) is 6.22. The topological polar surface area (TPSA) is 90.6 Å². The highest BCUT2D eigenvalue weighted by Gasteiger charge is 2.49. The molecule has 2 atom stereocenters. The van der Waals surface area contributed by atoms with Crippen molar-refractivity contribution in [3.05, 3.63) is 28.2 Å². The van der Waals surface area contributed by atoms with Crippen molar-refractivity contribution in [2.75, 3.05) is 16.4 Å². The second-order valence-corrected chi connectivity index (χ2v) is 9.59. The molecule has 0 unspecified atom stereocenters. The van der Waals surface area contributed by atoms with Crippen molar-refractivity contribution in [2.45, 2.75) is 17.7 Å². The van der Waals surface area contributed by atoms with Gasteiger partial charge in [-0.15, -0.1) is 0 Å². The largest absolute Gasteiger partial charge is 0.314 e. The number of thioether (sulfide) groups is 1. The third-order valence-corrected chi connectivity index (χ3v) is 7.45. The van der Waals surface area contributed by atoms with Gasteiger partial charge in [-0.05, 0) is 18.2 Å². The first-order chi connectivity index (χ1) is 11.3. The van der Waals surface area contributed by atoms with Gasteiger partial charge in [-0.3, -0.25) is 4.79 Å². The molecule has 0 saturated carbocycles. The summed E-state index contributed by atoms with van der Waals surface area (Å²) in [6.45, 7) is 0. The monoisotopic (exact) mass is 403 g/mol. The molecule has 2 aliphatic rings. The van der Waals surface area contributed by atoms with E-state index in [1.165, 1.54) is 11.8 Å². The number of hydrogen-bond donors (Lipinski definition) is 0. The molecule has 0 aliphatic carbocycles. The van der Waals surface area contributed by atoms with Gasteiger partial charge in [0.25, 0.3) is 5.91 Å². The van der Waals surface area contributed by atoms with Crippen LogP contribution in [0.25, 0.3) is 0 Å². The molecule has 10 heteroatoms. The Labute approximate surface area is 153 Å². The fraction of sp³-hybridized carbons (Fsp3) is 0.357. The molecular formula is C14H11Cl2N3O3S2. The molecule has 1 aromatic rings. The fourth-order valence-corrected chi connectivity index (χ4v) is 7.03. The lowest BCUT2D eigenvalue weighted by Crippen LogP contribution is -2.37. The summed E-state index contributed by atoms with van der Waals surface area (Å²) in [5, 5.41) is 9.56. The predicted molar refractivity (Wildman–Crippen MR) is 95.4 cm³/mol. The number of amides is 1. The zero-order valence-corrected chi connectivity index (χ0v) is 15.3. The molecule has 0 bridgehead atoms. The van der Waals surface area contributed by atoms with Crippen molar-refractivity contribution in [1.82, 2.24) is 0 Å². The number of sulfone groups is 1.